The summed E-state index contributed by atoms with van der Waals surface area (Å²) in [5, 5.41) is 9.79. The van der Waals surface area contributed by atoms with Crippen LogP contribution in [0.5, 0.6) is 0 Å². The summed E-state index contributed by atoms with van der Waals surface area (Å²) in [6.45, 7) is 5.11. The standard InChI is InChI=1S/C14H18N4O2/c1-3-5-15-13-7-10(2)16-9-12(13)14(19)17-8-11-4-6-20-18-11/h4,6-7,9H,3,5,8H2,1-2H3,(H,15,16)(H,17,19). The Bertz CT molecular complexity index is 567. The van der Waals surface area contributed by atoms with E-state index < -0.39 is 0 Å². The van der Waals surface area contributed by atoms with Crippen molar-refractivity contribution in [3.8, 4) is 0 Å². The molecule has 0 saturated heterocycles. The number of aryl methyl sites for hydroxylation is 1. The Morgan fingerprint density at radius 1 is 1.45 bits per heavy atom. The number of carbonyl (C=O) groups excluding carboxylic acids is 1. The SMILES string of the molecule is CCCNc1cc(C)ncc1C(=O)NCc1ccon1. The zero-order chi connectivity index (χ0) is 14.4. The van der Waals surface area contributed by atoms with E-state index in [9.17, 15) is 4.79 Å². The van der Waals surface area contributed by atoms with E-state index in [4.69, 9.17) is 4.52 Å². The summed E-state index contributed by atoms with van der Waals surface area (Å²) in [7, 11) is 0. The lowest BCUT2D eigenvalue weighted by molar-refractivity contribution is 0.0950. The summed E-state index contributed by atoms with van der Waals surface area (Å²) < 4.78 is 4.72. The van der Waals surface area contributed by atoms with Crippen LogP contribution in [-0.4, -0.2) is 22.6 Å². The number of hydrogen-bond acceptors (Lipinski definition) is 5. The number of aromatic nitrogens is 2. The van der Waals surface area contributed by atoms with Gasteiger partial charge in [0, 0.05) is 24.5 Å². The summed E-state index contributed by atoms with van der Waals surface area (Å²) in [6.07, 6.45) is 4.05. The third kappa shape index (κ3) is 3.57. The fourth-order valence-electron chi connectivity index (χ4n) is 1.74. The monoisotopic (exact) mass is 274 g/mol. The normalized spacial score (nSPS) is 10.3. The molecule has 2 heterocycles. The number of nitrogens with one attached hydrogen (secondary N) is 2. The Morgan fingerprint density at radius 3 is 3.00 bits per heavy atom. The molecule has 0 atom stereocenters. The molecule has 6 heteroatoms. The van der Waals surface area contributed by atoms with E-state index >= 15 is 0 Å². The predicted molar refractivity (Wildman–Crippen MR) is 75.4 cm³/mol. The molecule has 2 aromatic rings. The van der Waals surface area contributed by atoms with E-state index in [1.807, 2.05) is 13.0 Å². The van der Waals surface area contributed by atoms with Gasteiger partial charge in [0.05, 0.1) is 17.8 Å². The smallest absolute Gasteiger partial charge is 0.255 e. The van der Waals surface area contributed by atoms with E-state index in [-0.39, 0.29) is 5.91 Å². The van der Waals surface area contributed by atoms with Crippen molar-refractivity contribution in [2.45, 2.75) is 26.8 Å². The van der Waals surface area contributed by atoms with Crippen molar-refractivity contribution in [1.29, 1.82) is 0 Å². The molecule has 2 aromatic heterocycles. The van der Waals surface area contributed by atoms with E-state index in [2.05, 4.69) is 27.7 Å². The maximum Gasteiger partial charge on any atom is 0.255 e. The molecule has 0 fully saturated rings. The summed E-state index contributed by atoms with van der Waals surface area (Å²) >= 11 is 0. The maximum absolute atomic E-state index is 12.2. The number of pyridine rings is 1. The Morgan fingerprint density at radius 2 is 2.30 bits per heavy atom. The minimum Gasteiger partial charge on any atom is -0.384 e. The lowest BCUT2D eigenvalue weighted by Crippen LogP contribution is -2.24. The van der Waals surface area contributed by atoms with E-state index in [1.54, 1.807) is 12.3 Å². The highest BCUT2D eigenvalue weighted by atomic mass is 16.5. The molecule has 0 spiro atoms. The van der Waals surface area contributed by atoms with Crippen molar-refractivity contribution < 1.29 is 9.32 Å². The second-order valence-electron chi connectivity index (χ2n) is 4.47. The minimum atomic E-state index is -0.181. The van der Waals surface area contributed by atoms with Gasteiger partial charge in [-0.15, -0.1) is 0 Å². The van der Waals surface area contributed by atoms with Gasteiger partial charge < -0.3 is 15.2 Å². The van der Waals surface area contributed by atoms with Crippen molar-refractivity contribution in [2.24, 2.45) is 0 Å². The molecule has 0 radical (unpaired) electrons. The van der Waals surface area contributed by atoms with Gasteiger partial charge in [0.2, 0.25) is 0 Å². The van der Waals surface area contributed by atoms with Crippen LogP contribution in [0.2, 0.25) is 0 Å². The van der Waals surface area contributed by atoms with Crippen LogP contribution >= 0.6 is 0 Å². The topological polar surface area (TPSA) is 80.0 Å². The van der Waals surface area contributed by atoms with Crippen LogP contribution < -0.4 is 10.6 Å². The molecule has 106 valence electrons. The van der Waals surface area contributed by atoms with Gasteiger partial charge in [0.15, 0.2) is 0 Å². The Balaban J connectivity index is 2.07. The summed E-state index contributed by atoms with van der Waals surface area (Å²) in [4.78, 5) is 16.4. The first-order chi connectivity index (χ1) is 9.70. The number of anilines is 1. The van der Waals surface area contributed by atoms with Crippen molar-refractivity contribution in [3.63, 3.8) is 0 Å². The summed E-state index contributed by atoms with van der Waals surface area (Å²) in [5.41, 5.74) is 2.89. The molecule has 0 aliphatic carbocycles. The van der Waals surface area contributed by atoms with Crippen molar-refractivity contribution in [1.82, 2.24) is 15.5 Å². The third-order valence-electron chi connectivity index (χ3n) is 2.77. The summed E-state index contributed by atoms with van der Waals surface area (Å²) in [6, 6.07) is 3.59. The number of rotatable bonds is 6. The highest BCUT2D eigenvalue weighted by Gasteiger charge is 2.12. The van der Waals surface area contributed by atoms with Gasteiger partial charge in [0.25, 0.3) is 5.91 Å². The van der Waals surface area contributed by atoms with Crippen LogP contribution in [0.4, 0.5) is 5.69 Å². The zero-order valence-corrected chi connectivity index (χ0v) is 11.6. The quantitative estimate of drug-likeness (QED) is 0.843. The van der Waals surface area contributed by atoms with E-state index in [0.29, 0.717) is 17.8 Å². The molecular formula is C14H18N4O2. The van der Waals surface area contributed by atoms with Crippen LogP contribution in [0.15, 0.2) is 29.1 Å². The Labute approximate surface area is 117 Å². The fourth-order valence-corrected chi connectivity index (χ4v) is 1.74. The van der Waals surface area contributed by atoms with Gasteiger partial charge in [-0.1, -0.05) is 12.1 Å². The lowest BCUT2D eigenvalue weighted by atomic mass is 10.2. The number of carbonyl (C=O) groups is 1. The fraction of sp³-hybridized carbons (Fsp3) is 0.357. The second kappa shape index (κ2) is 6.70. The third-order valence-corrected chi connectivity index (χ3v) is 2.77. The molecule has 0 aliphatic heterocycles. The van der Waals surface area contributed by atoms with E-state index in [1.165, 1.54) is 6.26 Å². The Hall–Kier alpha value is -2.37. The summed E-state index contributed by atoms with van der Waals surface area (Å²) in [5.74, 6) is -0.181. The first-order valence-electron chi connectivity index (χ1n) is 6.58. The molecule has 6 nitrogen and oxygen atoms in total. The number of amides is 1. The first kappa shape index (κ1) is 14.0. The molecular weight excluding hydrogens is 256 g/mol. The van der Waals surface area contributed by atoms with Crippen LogP contribution in [0.1, 0.15) is 35.1 Å². The number of hydrogen-bond donors (Lipinski definition) is 2. The van der Waals surface area contributed by atoms with Crippen LogP contribution in [0, 0.1) is 6.92 Å². The van der Waals surface area contributed by atoms with Gasteiger partial charge in [-0.25, -0.2) is 0 Å². The van der Waals surface area contributed by atoms with Crippen molar-refractivity contribution >= 4 is 11.6 Å². The minimum absolute atomic E-state index is 0.181. The average Bonchev–Trinajstić information content (AvgIpc) is 2.96. The zero-order valence-electron chi connectivity index (χ0n) is 11.6. The molecule has 0 saturated carbocycles. The molecule has 20 heavy (non-hydrogen) atoms. The van der Waals surface area contributed by atoms with E-state index in [0.717, 1.165) is 24.3 Å². The lowest BCUT2D eigenvalue weighted by Gasteiger charge is -2.11. The maximum atomic E-state index is 12.2. The van der Waals surface area contributed by atoms with Crippen molar-refractivity contribution in [3.05, 3.63) is 41.5 Å². The Kier molecular flexibility index (Phi) is 4.70. The highest BCUT2D eigenvalue weighted by molar-refractivity contribution is 5.99. The molecule has 2 rings (SSSR count). The second-order valence-corrected chi connectivity index (χ2v) is 4.47. The average molecular weight is 274 g/mol. The van der Waals surface area contributed by atoms with Crippen LogP contribution in [0.25, 0.3) is 0 Å². The van der Waals surface area contributed by atoms with Gasteiger partial charge in [-0.2, -0.15) is 0 Å². The van der Waals surface area contributed by atoms with Crippen molar-refractivity contribution in [2.75, 3.05) is 11.9 Å². The molecule has 0 aromatic carbocycles. The molecule has 0 aliphatic rings. The molecule has 2 N–H and O–H groups in total. The largest absolute Gasteiger partial charge is 0.384 e. The van der Waals surface area contributed by atoms with Crippen LogP contribution in [0.3, 0.4) is 0 Å². The van der Waals surface area contributed by atoms with Gasteiger partial charge in [0.1, 0.15) is 12.0 Å². The van der Waals surface area contributed by atoms with Gasteiger partial charge in [-0.3, -0.25) is 9.78 Å². The van der Waals surface area contributed by atoms with Gasteiger partial charge in [-0.05, 0) is 19.4 Å². The highest BCUT2D eigenvalue weighted by Crippen LogP contribution is 2.15. The molecule has 0 bridgehead atoms. The van der Waals surface area contributed by atoms with Crippen LogP contribution in [-0.2, 0) is 6.54 Å². The number of nitrogens with zero attached hydrogens (tertiary/aromatic N) is 2. The molecule has 0 unspecified atom stereocenters. The first-order valence-corrected chi connectivity index (χ1v) is 6.58. The predicted octanol–water partition coefficient (Wildman–Crippen LogP) is 2.13. The molecule has 1 amide bonds. The van der Waals surface area contributed by atoms with Gasteiger partial charge >= 0.3 is 0 Å².